The van der Waals surface area contributed by atoms with Crippen molar-refractivity contribution < 1.29 is 26.3 Å². The first-order valence-electron chi connectivity index (χ1n) is 9.37. The number of nitrogens with one attached hydrogen (secondary N) is 2. The highest BCUT2D eigenvalue weighted by atomic mass is 127. The third kappa shape index (κ3) is 5.29. The second-order valence-corrected chi connectivity index (χ2v) is 10.2. The quantitative estimate of drug-likeness (QED) is 0.309. The van der Waals surface area contributed by atoms with Gasteiger partial charge in [0, 0.05) is 45.2 Å². The van der Waals surface area contributed by atoms with Crippen LogP contribution in [0.4, 0.5) is 13.2 Å². The van der Waals surface area contributed by atoms with Crippen molar-refractivity contribution >= 4 is 40.0 Å². The Labute approximate surface area is 188 Å². The Bertz CT molecular complexity index is 695. The molecule has 0 aromatic heterocycles. The third-order valence-electron chi connectivity index (χ3n) is 6.58. The zero-order valence-corrected chi connectivity index (χ0v) is 20.6. The lowest BCUT2D eigenvalue weighted by Gasteiger charge is -2.59. The molecular formula is C17H32F3IN4O3S. The molecule has 12 heteroatoms. The summed E-state index contributed by atoms with van der Waals surface area (Å²) < 4.78 is 67.0. The first-order valence-corrected chi connectivity index (χ1v) is 10.8. The first kappa shape index (κ1) is 26.7. The number of alkyl halides is 3. The van der Waals surface area contributed by atoms with Crippen molar-refractivity contribution in [3.05, 3.63) is 0 Å². The molecule has 2 aliphatic rings. The monoisotopic (exact) mass is 556 g/mol. The summed E-state index contributed by atoms with van der Waals surface area (Å²) in [5, 5.41) is 6.59. The average molecular weight is 556 g/mol. The molecule has 2 fully saturated rings. The summed E-state index contributed by atoms with van der Waals surface area (Å²) in [6.07, 6.45) is 1.58. The summed E-state index contributed by atoms with van der Waals surface area (Å²) in [5.74, 6) is 0.707. The van der Waals surface area contributed by atoms with Gasteiger partial charge in [0.05, 0.1) is 5.60 Å². The number of piperidine rings is 1. The fourth-order valence-electron chi connectivity index (χ4n) is 3.82. The number of nitrogens with zero attached hydrogens (tertiary/aromatic N) is 2. The summed E-state index contributed by atoms with van der Waals surface area (Å²) in [6, 6.07) is 0.183. The summed E-state index contributed by atoms with van der Waals surface area (Å²) >= 11 is 0. The van der Waals surface area contributed by atoms with Gasteiger partial charge in [0.2, 0.25) is 0 Å². The van der Waals surface area contributed by atoms with Gasteiger partial charge >= 0.3 is 15.5 Å². The molecule has 0 spiro atoms. The van der Waals surface area contributed by atoms with Gasteiger partial charge < -0.3 is 15.4 Å². The van der Waals surface area contributed by atoms with E-state index in [1.807, 2.05) is 0 Å². The van der Waals surface area contributed by atoms with E-state index in [4.69, 9.17) is 4.74 Å². The molecule has 1 aliphatic heterocycles. The Kier molecular flexibility index (Phi) is 8.68. The highest BCUT2D eigenvalue weighted by molar-refractivity contribution is 14.0. The summed E-state index contributed by atoms with van der Waals surface area (Å²) in [4.78, 5) is 4.22. The van der Waals surface area contributed by atoms with Crippen LogP contribution in [0.3, 0.4) is 0 Å². The van der Waals surface area contributed by atoms with E-state index >= 15 is 0 Å². The lowest BCUT2D eigenvalue weighted by atomic mass is 9.56. The molecule has 29 heavy (non-hydrogen) atoms. The minimum atomic E-state index is -5.24. The van der Waals surface area contributed by atoms with Crippen molar-refractivity contribution in [2.24, 2.45) is 16.3 Å². The van der Waals surface area contributed by atoms with E-state index in [0.717, 1.165) is 6.42 Å². The first-order chi connectivity index (χ1) is 12.8. The van der Waals surface area contributed by atoms with Crippen LogP contribution in [-0.2, 0) is 14.8 Å². The number of rotatable bonds is 5. The highest BCUT2D eigenvalue weighted by Gasteiger charge is 2.58. The van der Waals surface area contributed by atoms with Crippen molar-refractivity contribution in [3.8, 4) is 0 Å². The number of hydrogen-bond acceptors (Lipinski definition) is 4. The van der Waals surface area contributed by atoms with Crippen LogP contribution in [0.5, 0.6) is 0 Å². The Morgan fingerprint density at radius 3 is 2.21 bits per heavy atom. The second kappa shape index (κ2) is 9.43. The van der Waals surface area contributed by atoms with Crippen LogP contribution in [0, 0.1) is 11.3 Å². The summed E-state index contributed by atoms with van der Waals surface area (Å²) in [6.45, 7) is 6.60. The van der Waals surface area contributed by atoms with Crippen molar-refractivity contribution in [1.82, 2.24) is 14.9 Å². The Morgan fingerprint density at radius 2 is 1.79 bits per heavy atom. The molecule has 1 saturated heterocycles. The number of guanidine groups is 1. The van der Waals surface area contributed by atoms with E-state index in [0.29, 0.717) is 29.7 Å². The molecule has 2 unspecified atom stereocenters. The Balaban J connectivity index is 0.00000420. The predicted molar refractivity (Wildman–Crippen MR) is 117 cm³/mol. The van der Waals surface area contributed by atoms with Gasteiger partial charge in [-0.05, 0) is 32.1 Å². The standard InChI is InChI=1S/C17H31F3N4O3S.HI/c1-15(2)13(10-16(15,3)27-5)23-14(21-4)22-11-12-6-8-24(9-7-12)28(25,26)17(18,19)20;/h12-13H,6-11H2,1-5H3,(H2,21,22,23);1H. The molecule has 2 atom stereocenters. The maximum Gasteiger partial charge on any atom is 0.511 e. The van der Waals surface area contributed by atoms with E-state index in [1.165, 1.54) is 0 Å². The van der Waals surface area contributed by atoms with Crippen LogP contribution in [0.2, 0.25) is 0 Å². The molecule has 0 aromatic carbocycles. The van der Waals surface area contributed by atoms with E-state index < -0.39 is 15.5 Å². The van der Waals surface area contributed by atoms with Gasteiger partial charge in [-0.25, -0.2) is 8.42 Å². The largest absolute Gasteiger partial charge is 0.511 e. The second-order valence-electron chi connectivity index (χ2n) is 8.30. The molecule has 7 nitrogen and oxygen atoms in total. The van der Waals surface area contributed by atoms with E-state index in [-0.39, 0.29) is 60.0 Å². The van der Waals surface area contributed by atoms with Crippen LogP contribution in [0.15, 0.2) is 4.99 Å². The number of hydrogen-bond donors (Lipinski definition) is 2. The van der Waals surface area contributed by atoms with Gasteiger partial charge in [0.1, 0.15) is 0 Å². The maximum atomic E-state index is 12.6. The maximum absolute atomic E-state index is 12.6. The van der Waals surface area contributed by atoms with Crippen molar-refractivity contribution in [1.29, 1.82) is 0 Å². The molecule has 2 rings (SSSR count). The number of sulfonamides is 1. The normalized spacial score (nSPS) is 29.0. The van der Waals surface area contributed by atoms with Crippen LogP contribution in [0.1, 0.15) is 40.0 Å². The number of methoxy groups -OCH3 is 1. The zero-order valence-electron chi connectivity index (χ0n) is 17.5. The lowest BCUT2D eigenvalue weighted by molar-refractivity contribution is -0.176. The lowest BCUT2D eigenvalue weighted by Crippen LogP contribution is -2.69. The fraction of sp³-hybridized carbons (Fsp3) is 0.941. The van der Waals surface area contributed by atoms with Crippen molar-refractivity contribution in [2.75, 3.05) is 33.8 Å². The number of aliphatic imine (C=N–C) groups is 1. The summed E-state index contributed by atoms with van der Waals surface area (Å²) in [5.41, 5.74) is -5.53. The van der Waals surface area contributed by atoms with Crippen LogP contribution >= 0.6 is 24.0 Å². The van der Waals surface area contributed by atoms with Gasteiger partial charge in [-0.1, -0.05) is 13.8 Å². The van der Waals surface area contributed by atoms with Crippen molar-refractivity contribution in [3.63, 3.8) is 0 Å². The molecule has 0 aromatic rings. The summed E-state index contributed by atoms with van der Waals surface area (Å²) in [7, 11) is -1.87. The average Bonchev–Trinajstić information content (AvgIpc) is 2.63. The molecule has 0 bridgehead atoms. The molecule has 1 heterocycles. The van der Waals surface area contributed by atoms with Crippen molar-refractivity contribution in [2.45, 2.75) is 57.2 Å². The number of ether oxygens (including phenoxy) is 1. The van der Waals surface area contributed by atoms with Crippen LogP contribution < -0.4 is 10.6 Å². The third-order valence-corrected chi connectivity index (χ3v) is 8.21. The highest BCUT2D eigenvalue weighted by Crippen LogP contribution is 2.51. The van der Waals surface area contributed by atoms with E-state index in [9.17, 15) is 21.6 Å². The van der Waals surface area contributed by atoms with Gasteiger partial charge in [-0.3, -0.25) is 4.99 Å². The Hall–Kier alpha value is -0.340. The molecule has 1 saturated carbocycles. The molecule has 0 radical (unpaired) electrons. The van der Waals surface area contributed by atoms with Gasteiger partial charge in [-0.2, -0.15) is 17.5 Å². The molecular weight excluding hydrogens is 524 g/mol. The van der Waals surface area contributed by atoms with E-state index in [1.54, 1.807) is 14.2 Å². The molecule has 172 valence electrons. The van der Waals surface area contributed by atoms with Crippen LogP contribution in [-0.4, -0.2) is 69.6 Å². The number of halogens is 4. The topological polar surface area (TPSA) is 83.0 Å². The smallest absolute Gasteiger partial charge is 0.378 e. The van der Waals surface area contributed by atoms with Gasteiger partial charge in [-0.15, -0.1) is 24.0 Å². The molecule has 0 amide bonds. The molecule has 1 aliphatic carbocycles. The van der Waals surface area contributed by atoms with Gasteiger partial charge in [0.25, 0.3) is 0 Å². The zero-order chi connectivity index (χ0) is 21.4. The minimum absolute atomic E-state index is 0. The SMILES string of the molecule is CN=C(NCC1CCN(S(=O)(=O)C(F)(F)F)CC1)NC1CC(C)(OC)C1(C)C.I. The predicted octanol–water partition coefficient (Wildman–Crippen LogP) is 2.53. The fourth-order valence-corrected chi connectivity index (χ4v) is 4.81. The minimum Gasteiger partial charge on any atom is -0.378 e. The molecule has 2 N–H and O–H groups in total. The van der Waals surface area contributed by atoms with Crippen LogP contribution in [0.25, 0.3) is 0 Å². The van der Waals surface area contributed by atoms with E-state index in [2.05, 4.69) is 36.4 Å². The Morgan fingerprint density at radius 1 is 1.24 bits per heavy atom. The van der Waals surface area contributed by atoms with Gasteiger partial charge in [0.15, 0.2) is 5.96 Å².